The molecule has 25 heavy (non-hydrogen) atoms. The molecule has 1 aromatic rings. The fourth-order valence-electron chi connectivity index (χ4n) is 3.70. The lowest BCUT2D eigenvalue weighted by atomic mass is 9.97. The molecular formula is C19H28N2O3S. The quantitative estimate of drug-likeness (QED) is 0.872. The molecule has 1 unspecified atom stereocenters. The predicted octanol–water partition coefficient (Wildman–Crippen LogP) is 2.36. The van der Waals surface area contributed by atoms with Gasteiger partial charge in [0.25, 0.3) is 5.91 Å². The van der Waals surface area contributed by atoms with Gasteiger partial charge in [0.1, 0.15) is 0 Å². The van der Waals surface area contributed by atoms with Gasteiger partial charge in [0.05, 0.1) is 5.25 Å². The first-order chi connectivity index (χ1) is 11.9. The van der Waals surface area contributed by atoms with Gasteiger partial charge in [-0.1, -0.05) is 6.07 Å². The monoisotopic (exact) mass is 364 g/mol. The van der Waals surface area contributed by atoms with Gasteiger partial charge in [0.15, 0.2) is 0 Å². The number of carbonyl (C=O) groups excluding carboxylic acids is 1. The molecule has 1 saturated heterocycles. The summed E-state index contributed by atoms with van der Waals surface area (Å²) in [4.78, 5) is 14.7. The van der Waals surface area contributed by atoms with Gasteiger partial charge < -0.3 is 4.90 Å². The van der Waals surface area contributed by atoms with Crippen molar-refractivity contribution in [3.05, 3.63) is 34.9 Å². The van der Waals surface area contributed by atoms with Gasteiger partial charge in [0.2, 0.25) is 10.0 Å². The number of nitrogens with one attached hydrogen (secondary N) is 1. The van der Waals surface area contributed by atoms with Crippen LogP contribution in [-0.2, 0) is 22.9 Å². The number of amides is 1. The number of nitrogens with zero attached hydrogens (tertiary/aromatic N) is 1. The van der Waals surface area contributed by atoms with E-state index in [2.05, 4.69) is 16.9 Å². The van der Waals surface area contributed by atoms with E-state index in [1.165, 1.54) is 17.5 Å². The third kappa shape index (κ3) is 4.23. The molecule has 1 atom stereocenters. The first-order valence-electron chi connectivity index (χ1n) is 9.26. The Bertz CT molecular complexity index is 743. The Kier molecular flexibility index (Phi) is 5.49. The zero-order valence-electron chi connectivity index (χ0n) is 15.1. The molecule has 6 heteroatoms. The van der Waals surface area contributed by atoms with Gasteiger partial charge in [-0.3, -0.25) is 4.79 Å². The van der Waals surface area contributed by atoms with E-state index in [4.69, 9.17) is 0 Å². The maximum absolute atomic E-state index is 12.8. The van der Waals surface area contributed by atoms with Gasteiger partial charge >= 0.3 is 0 Å². The van der Waals surface area contributed by atoms with Gasteiger partial charge in [0, 0.05) is 25.2 Å². The van der Waals surface area contributed by atoms with E-state index >= 15 is 0 Å². The lowest BCUT2D eigenvalue weighted by molar-refractivity contribution is 0.0676. The Labute approximate surface area is 150 Å². The molecule has 1 aliphatic heterocycles. The van der Waals surface area contributed by atoms with Gasteiger partial charge in [-0.15, -0.1) is 0 Å². The van der Waals surface area contributed by atoms with Crippen molar-refractivity contribution in [2.24, 2.45) is 5.92 Å². The summed E-state index contributed by atoms with van der Waals surface area (Å²) in [7, 11) is -3.25. The molecule has 1 aliphatic carbocycles. The number of hydrogen-bond donors (Lipinski definition) is 1. The summed E-state index contributed by atoms with van der Waals surface area (Å²) in [5.74, 6) is 0.256. The van der Waals surface area contributed by atoms with Crippen LogP contribution in [0, 0.1) is 5.92 Å². The van der Waals surface area contributed by atoms with Crippen molar-refractivity contribution in [1.82, 2.24) is 9.62 Å². The number of likely N-dealkylation sites (tertiary alicyclic amines) is 1. The number of carbonyl (C=O) groups is 1. The van der Waals surface area contributed by atoms with E-state index in [0.717, 1.165) is 37.8 Å². The summed E-state index contributed by atoms with van der Waals surface area (Å²) < 4.78 is 26.5. The summed E-state index contributed by atoms with van der Waals surface area (Å²) in [5, 5.41) is -0.430. The lowest BCUT2D eigenvalue weighted by Crippen LogP contribution is -2.44. The van der Waals surface area contributed by atoms with E-state index in [1.807, 2.05) is 11.0 Å². The SMILES string of the molecule is CC(C)S(=O)(=O)NCC1CCCN(C(=O)c2ccc3c(c2)CCC3)C1. The number of hydrogen-bond acceptors (Lipinski definition) is 3. The highest BCUT2D eigenvalue weighted by Crippen LogP contribution is 2.25. The zero-order valence-corrected chi connectivity index (χ0v) is 15.9. The molecule has 0 saturated carbocycles. The van der Waals surface area contributed by atoms with Crippen molar-refractivity contribution in [2.45, 2.75) is 51.2 Å². The molecule has 0 spiro atoms. The van der Waals surface area contributed by atoms with Crippen molar-refractivity contribution in [3.8, 4) is 0 Å². The van der Waals surface area contributed by atoms with E-state index in [9.17, 15) is 13.2 Å². The molecule has 1 heterocycles. The first kappa shape index (κ1) is 18.4. The molecular weight excluding hydrogens is 336 g/mol. The second kappa shape index (κ2) is 7.46. The third-order valence-electron chi connectivity index (χ3n) is 5.35. The Morgan fingerprint density at radius 2 is 2.00 bits per heavy atom. The van der Waals surface area contributed by atoms with Crippen LogP contribution in [0.5, 0.6) is 0 Å². The lowest BCUT2D eigenvalue weighted by Gasteiger charge is -2.33. The van der Waals surface area contributed by atoms with Crippen LogP contribution in [0.3, 0.4) is 0 Å². The van der Waals surface area contributed by atoms with Crippen LogP contribution in [0.1, 0.15) is 54.6 Å². The molecule has 138 valence electrons. The van der Waals surface area contributed by atoms with Crippen molar-refractivity contribution in [3.63, 3.8) is 0 Å². The number of sulfonamides is 1. The van der Waals surface area contributed by atoms with Crippen LogP contribution in [-0.4, -0.2) is 44.1 Å². The van der Waals surface area contributed by atoms with Crippen LogP contribution >= 0.6 is 0 Å². The fraction of sp³-hybridized carbons (Fsp3) is 0.632. The molecule has 2 aliphatic rings. The van der Waals surface area contributed by atoms with Crippen LogP contribution < -0.4 is 4.72 Å². The average Bonchev–Trinajstić information content (AvgIpc) is 3.07. The topological polar surface area (TPSA) is 66.5 Å². The van der Waals surface area contributed by atoms with Crippen molar-refractivity contribution in [1.29, 1.82) is 0 Å². The van der Waals surface area contributed by atoms with Crippen LogP contribution in [0.2, 0.25) is 0 Å². The number of benzene rings is 1. The summed E-state index contributed by atoms with van der Waals surface area (Å²) in [6, 6.07) is 6.08. The maximum atomic E-state index is 12.8. The van der Waals surface area contributed by atoms with Gasteiger partial charge in [-0.05, 0) is 75.1 Å². The smallest absolute Gasteiger partial charge is 0.253 e. The normalized spacial score (nSPS) is 20.8. The first-order valence-corrected chi connectivity index (χ1v) is 10.8. The van der Waals surface area contributed by atoms with E-state index in [0.29, 0.717) is 13.1 Å². The Morgan fingerprint density at radius 1 is 1.24 bits per heavy atom. The molecule has 1 aromatic carbocycles. The standard InChI is InChI=1S/C19H28N2O3S/c1-14(2)25(23,24)20-12-15-5-4-10-21(13-15)19(22)18-9-8-16-6-3-7-17(16)11-18/h8-9,11,14-15,20H,3-7,10,12-13H2,1-2H3. The maximum Gasteiger partial charge on any atom is 0.253 e. The summed E-state index contributed by atoms with van der Waals surface area (Å²) in [6.07, 6.45) is 5.23. The van der Waals surface area contributed by atoms with Crippen molar-refractivity contribution >= 4 is 15.9 Å². The second-order valence-electron chi connectivity index (χ2n) is 7.54. The molecule has 5 nitrogen and oxygen atoms in total. The van der Waals surface area contributed by atoms with E-state index in [-0.39, 0.29) is 11.8 Å². The molecule has 1 amide bonds. The Hall–Kier alpha value is -1.40. The number of aryl methyl sites for hydroxylation is 2. The molecule has 3 rings (SSSR count). The van der Waals surface area contributed by atoms with Crippen LogP contribution in [0.4, 0.5) is 0 Å². The number of fused-ring (bicyclic) bond motifs is 1. The summed E-state index contributed by atoms with van der Waals surface area (Å²) in [6.45, 7) is 5.13. The van der Waals surface area contributed by atoms with E-state index < -0.39 is 15.3 Å². The largest absolute Gasteiger partial charge is 0.338 e. The van der Waals surface area contributed by atoms with Gasteiger partial charge in [-0.25, -0.2) is 13.1 Å². The minimum atomic E-state index is -3.25. The zero-order chi connectivity index (χ0) is 18.0. The highest BCUT2D eigenvalue weighted by atomic mass is 32.2. The van der Waals surface area contributed by atoms with Crippen molar-refractivity contribution < 1.29 is 13.2 Å². The average molecular weight is 365 g/mol. The predicted molar refractivity (Wildman–Crippen MR) is 99.2 cm³/mol. The minimum Gasteiger partial charge on any atom is -0.338 e. The summed E-state index contributed by atoms with van der Waals surface area (Å²) in [5.41, 5.74) is 3.45. The summed E-state index contributed by atoms with van der Waals surface area (Å²) >= 11 is 0. The van der Waals surface area contributed by atoms with E-state index in [1.54, 1.807) is 13.8 Å². The highest BCUT2D eigenvalue weighted by molar-refractivity contribution is 7.90. The molecule has 0 radical (unpaired) electrons. The van der Waals surface area contributed by atoms with Crippen LogP contribution in [0.25, 0.3) is 0 Å². The molecule has 0 aromatic heterocycles. The number of rotatable bonds is 5. The Morgan fingerprint density at radius 3 is 2.76 bits per heavy atom. The second-order valence-corrected chi connectivity index (χ2v) is 9.86. The van der Waals surface area contributed by atoms with Gasteiger partial charge in [-0.2, -0.15) is 0 Å². The molecule has 1 fully saturated rings. The van der Waals surface area contributed by atoms with Crippen LogP contribution in [0.15, 0.2) is 18.2 Å². The molecule has 1 N–H and O–H groups in total. The highest BCUT2D eigenvalue weighted by Gasteiger charge is 2.26. The fourth-order valence-corrected chi connectivity index (χ4v) is 4.51. The van der Waals surface area contributed by atoms with Crippen molar-refractivity contribution in [2.75, 3.05) is 19.6 Å². The Balaban J connectivity index is 1.62. The third-order valence-corrected chi connectivity index (χ3v) is 7.16. The number of piperidine rings is 1. The molecule has 0 bridgehead atoms. The minimum absolute atomic E-state index is 0.0751.